The summed E-state index contributed by atoms with van der Waals surface area (Å²) < 4.78 is 0. The Morgan fingerprint density at radius 1 is 1.07 bits per heavy atom. The summed E-state index contributed by atoms with van der Waals surface area (Å²) in [4.78, 5) is 0. The van der Waals surface area contributed by atoms with Gasteiger partial charge in [0.15, 0.2) is 0 Å². The van der Waals surface area contributed by atoms with Crippen LogP contribution in [-0.2, 0) is 6.54 Å². The van der Waals surface area contributed by atoms with Gasteiger partial charge in [0.1, 0.15) is 0 Å². The van der Waals surface area contributed by atoms with Gasteiger partial charge in [0.2, 0.25) is 0 Å². The second-order valence-electron chi connectivity index (χ2n) is 3.46. The first-order chi connectivity index (χ1) is 6.76. The van der Waals surface area contributed by atoms with Crippen molar-refractivity contribution in [3.05, 3.63) is 35.4 Å². The van der Waals surface area contributed by atoms with Crippen LogP contribution in [-0.4, -0.2) is 7.05 Å². The lowest BCUT2D eigenvalue weighted by atomic mass is 10.1. The molecule has 0 aliphatic carbocycles. The fourth-order valence-electron chi connectivity index (χ4n) is 0.999. The number of aryl methyl sites for hydroxylation is 1. The zero-order valence-corrected chi connectivity index (χ0v) is 9.93. The summed E-state index contributed by atoms with van der Waals surface area (Å²) >= 11 is 0. The zero-order valence-electron chi connectivity index (χ0n) is 9.93. The summed E-state index contributed by atoms with van der Waals surface area (Å²) in [5, 5.41) is 3.12. The fraction of sp³-hybridized carbons (Fsp3) is 0.538. The lowest BCUT2D eigenvalue weighted by molar-refractivity contribution is 0.812. The van der Waals surface area contributed by atoms with Gasteiger partial charge in [0.25, 0.3) is 0 Å². The van der Waals surface area contributed by atoms with Gasteiger partial charge in [-0.1, -0.05) is 51.0 Å². The number of nitrogens with one attached hydrogen (secondary N) is 1. The van der Waals surface area contributed by atoms with Gasteiger partial charge >= 0.3 is 0 Å². The van der Waals surface area contributed by atoms with Crippen molar-refractivity contribution in [2.75, 3.05) is 7.05 Å². The van der Waals surface area contributed by atoms with Crippen LogP contribution in [0.5, 0.6) is 0 Å². The largest absolute Gasteiger partial charge is 0.316 e. The van der Waals surface area contributed by atoms with Crippen molar-refractivity contribution in [1.82, 2.24) is 5.32 Å². The first-order valence-electron chi connectivity index (χ1n) is 5.45. The minimum absolute atomic E-state index is 0.965. The van der Waals surface area contributed by atoms with E-state index in [1.165, 1.54) is 24.0 Å². The number of hydrogen-bond acceptors (Lipinski definition) is 1. The highest BCUT2D eigenvalue weighted by atomic mass is 14.8. The Hall–Kier alpha value is -0.820. The van der Waals surface area contributed by atoms with E-state index in [0.717, 1.165) is 6.54 Å². The van der Waals surface area contributed by atoms with Gasteiger partial charge in [0, 0.05) is 6.54 Å². The molecular formula is C13H23N. The average molecular weight is 193 g/mol. The summed E-state index contributed by atoms with van der Waals surface area (Å²) in [5.74, 6) is 0. The highest BCUT2D eigenvalue weighted by molar-refractivity contribution is 5.25. The lowest BCUT2D eigenvalue weighted by Crippen LogP contribution is -2.05. The van der Waals surface area contributed by atoms with Gasteiger partial charge in [0.05, 0.1) is 0 Å². The molecule has 0 aromatic heterocycles. The normalized spacial score (nSPS) is 9.14. The van der Waals surface area contributed by atoms with Crippen LogP contribution in [0.15, 0.2) is 24.3 Å². The maximum atomic E-state index is 3.12. The molecular weight excluding hydrogens is 170 g/mol. The van der Waals surface area contributed by atoms with E-state index in [1.807, 2.05) is 7.05 Å². The summed E-state index contributed by atoms with van der Waals surface area (Å²) in [5.41, 5.74) is 2.74. The SMILES string of the molecule is CCCC.CNCc1ccccc1C. The summed E-state index contributed by atoms with van der Waals surface area (Å²) in [7, 11) is 1.96. The van der Waals surface area contributed by atoms with E-state index in [2.05, 4.69) is 50.4 Å². The summed E-state index contributed by atoms with van der Waals surface area (Å²) in [6.45, 7) is 7.46. The molecule has 0 bridgehead atoms. The Morgan fingerprint density at radius 3 is 2.07 bits per heavy atom. The molecule has 0 atom stereocenters. The Morgan fingerprint density at radius 2 is 1.64 bits per heavy atom. The Kier molecular flexibility index (Phi) is 8.25. The number of benzene rings is 1. The molecule has 80 valence electrons. The van der Waals surface area contributed by atoms with Gasteiger partial charge in [-0.05, 0) is 25.1 Å². The predicted molar refractivity (Wildman–Crippen MR) is 64.5 cm³/mol. The first-order valence-corrected chi connectivity index (χ1v) is 5.45. The summed E-state index contributed by atoms with van der Waals surface area (Å²) in [6.07, 6.45) is 2.64. The smallest absolute Gasteiger partial charge is 0.0205 e. The molecule has 0 heterocycles. The van der Waals surface area contributed by atoms with E-state index in [-0.39, 0.29) is 0 Å². The fourth-order valence-corrected chi connectivity index (χ4v) is 0.999. The van der Waals surface area contributed by atoms with Gasteiger partial charge in [-0.15, -0.1) is 0 Å². The van der Waals surface area contributed by atoms with Crippen molar-refractivity contribution in [2.45, 2.75) is 40.2 Å². The highest BCUT2D eigenvalue weighted by Gasteiger charge is 1.91. The molecule has 1 rings (SSSR count). The Bertz CT molecular complexity index is 228. The first kappa shape index (κ1) is 13.2. The van der Waals surface area contributed by atoms with Gasteiger partial charge in [-0.2, -0.15) is 0 Å². The van der Waals surface area contributed by atoms with Crippen LogP contribution in [0.2, 0.25) is 0 Å². The molecule has 0 aliphatic heterocycles. The third-order valence-electron chi connectivity index (χ3n) is 2.13. The molecule has 14 heavy (non-hydrogen) atoms. The quantitative estimate of drug-likeness (QED) is 0.774. The maximum Gasteiger partial charge on any atom is 0.0205 e. The minimum Gasteiger partial charge on any atom is -0.316 e. The second kappa shape index (κ2) is 8.76. The van der Waals surface area contributed by atoms with E-state index in [0.29, 0.717) is 0 Å². The van der Waals surface area contributed by atoms with Crippen LogP contribution in [0.1, 0.15) is 37.8 Å². The van der Waals surface area contributed by atoms with Crippen LogP contribution >= 0.6 is 0 Å². The van der Waals surface area contributed by atoms with E-state index in [4.69, 9.17) is 0 Å². The second-order valence-corrected chi connectivity index (χ2v) is 3.46. The monoisotopic (exact) mass is 193 g/mol. The Balaban J connectivity index is 0.000000364. The van der Waals surface area contributed by atoms with E-state index < -0.39 is 0 Å². The standard InChI is InChI=1S/C9H13N.C4H10/c1-8-5-3-4-6-9(8)7-10-2;1-3-4-2/h3-6,10H,7H2,1-2H3;3-4H2,1-2H3. The van der Waals surface area contributed by atoms with Crippen LogP contribution in [0.25, 0.3) is 0 Å². The van der Waals surface area contributed by atoms with Crippen molar-refractivity contribution >= 4 is 0 Å². The van der Waals surface area contributed by atoms with Crippen molar-refractivity contribution in [2.24, 2.45) is 0 Å². The van der Waals surface area contributed by atoms with Gasteiger partial charge in [-0.3, -0.25) is 0 Å². The maximum absolute atomic E-state index is 3.12. The molecule has 0 aliphatic rings. The molecule has 0 radical (unpaired) electrons. The molecule has 0 spiro atoms. The molecule has 0 saturated carbocycles. The van der Waals surface area contributed by atoms with Crippen molar-refractivity contribution in [3.8, 4) is 0 Å². The molecule has 0 unspecified atom stereocenters. The third-order valence-corrected chi connectivity index (χ3v) is 2.13. The molecule has 0 saturated heterocycles. The predicted octanol–water partition coefficient (Wildman–Crippen LogP) is 3.52. The van der Waals surface area contributed by atoms with E-state index >= 15 is 0 Å². The number of hydrogen-bond donors (Lipinski definition) is 1. The molecule has 1 heteroatoms. The third kappa shape index (κ3) is 5.76. The average Bonchev–Trinajstić information content (AvgIpc) is 2.22. The van der Waals surface area contributed by atoms with Crippen LogP contribution in [0, 0.1) is 6.92 Å². The molecule has 1 aromatic rings. The van der Waals surface area contributed by atoms with Crippen molar-refractivity contribution in [3.63, 3.8) is 0 Å². The van der Waals surface area contributed by atoms with Crippen LogP contribution in [0.3, 0.4) is 0 Å². The van der Waals surface area contributed by atoms with Gasteiger partial charge in [-0.25, -0.2) is 0 Å². The number of unbranched alkanes of at least 4 members (excludes halogenated alkanes) is 1. The minimum atomic E-state index is 0.965. The molecule has 1 N–H and O–H groups in total. The molecule has 1 nitrogen and oxygen atoms in total. The van der Waals surface area contributed by atoms with Gasteiger partial charge < -0.3 is 5.32 Å². The highest BCUT2D eigenvalue weighted by Crippen LogP contribution is 2.05. The van der Waals surface area contributed by atoms with Crippen LogP contribution in [0.4, 0.5) is 0 Å². The summed E-state index contributed by atoms with van der Waals surface area (Å²) in [6, 6.07) is 8.41. The van der Waals surface area contributed by atoms with Crippen LogP contribution < -0.4 is 5.32 Å². The Labute approximate surface area is 88.5 Å². The molecule has 0 fully saturated rings. The van der Waals surface area contributed by atoms with Crippen molar-refractivity contribution in [1.29, 1.82) is 0 Å². The topological polar surface area (TPSA) is 12.0 Å². The molecule has 0 amide bonds. The number of rotatable bonds is 3. The van der Waals surface area contributed by atoms with Crippen molar-refractivity contribution < 1.29 is 0 Å². The van der Waals surface area contributed by atoms with E-state index in [1.54, 1.807) is 0 Å². The molecule has 1 aromatic carbocycles. The zero-order chi connectivity index (χ0) is 10.8. The lowest BCUT2D eigenvalue weighted by Gasteiger charge is -2.02. The van der Waals surface area contributed by atoms with E-state index in [9.17, 15) is 0 Å².